The van der Waals surface area contributed by atoms with Crippen LogP contribution in [0.3, 0.4) is 0 Å². The fourth-order valence-electron chi connectivity index (χ4n) is 2.86. The van der Waals surface area contributed by atoms with Crippen LogP contribution in [0.25, 0.3) is 11.4 Å². The molecule has 1 aromatic heterocycles. The van der Waals surface area contributed by atoms with Gasteiger partial charge in [0.25, 0.3) is 0 Å². The van der Waals surface area contributed by atoms with Crippen molar-refractivity contribution in [3.8, 4) is 11.4 Å². The summed E-state index contributed by atoms with van der Waals surface area (Å²) in [5, 5.41) is 0.699. The molecule has 0 amide bonds. The molecule has 1 fully saturated rings. The molecule has 4 nitrogen and oxygen atoms in total. The van der Waals surface area contributed by atoms with E-state index in [2.05, 4.69) is 15.0 Å². The Morgan fingerprint density at radius 1 is 0.905 bits per heavy atom. The third-order valence-corrected chi connectivity index (χ3v) is 4.24. The van der Waals surface area contributed by atoms with Crippen molar-refractivity contribution in [3.63, 3.8) is 0 Å². The maximum atomic E-state index is 5.92. The molecule has 5 heteroatoms. The fraction of sp³-hybridized carbons (Fsp3) is 0.438. The van der Waals surface area contributed by atoms with Crippen LogP contribution < -0.4 is 5.73 Å². The minimum Gasteiger partial charge on any atom is -0.368 e. The van der Waals surface area contributed by atoms with E-state index in [0.717, 1.165) is 24.2 Å². The van der Waals surface area contributed by atoms with E-state index in [1.54, 1.807) is 0 Å². The Bertz CT molecular complexity index is 604. The number of nitrogen functional groups attached to an aromatic ring is 1. The number of rotatable bonds is 2. The number of hydrogen-bond donors (Lipinski definition) is 1. The fourth-order valence-corrected chi connectivity index (χ4v) is 2.98. The molecular formula is C16H19ClN4. The van der Waals surface area contributed by atoms with Gasteiger partial charge in [0.05, 0.1) is 0 Å². The smallest absolute Gasteiger partial charge is 0.223 e. The summed E-state index contributed by atoms with van der Waals surface area (Å²) >= 11 is 5.92. The highest BCUT2D eigenvalue weighted by molar-refractivity contribution is 6.30. The van der Waals surface area contributed by atoms with Crippen molar-refractivity contribution in [2.75, 3.05) is 5.73 Å². The van der Waals surface area contributed by atoms with Crippen LogP contribution in [0.5, 0.6) is 0 Å². The van der Waals surface area contributed by atoms with E-state index in [9.17, 15) is 0 Å². The second-order valence-corrected chi connectivity index (χ2v) is 6.01. The molecule has 110 valence electrons. The second kappa shape index (κ2) is 6.39. The van der Waals surface area contributed by atoms with Crippen molar-refractivity contribution in [2.24, 2.45) is 0 Å². The Labute approximate surface area is 129 Å². The van der Waals surface area contributed by atoms with E-state index < -0.39 is 0 Å². The van der Waals surface area contributed by atoms with Gasteiger partial charge in [0.1, 0.15) is 5.82 Å². The predicted octanol–water partition coefficient (Wildman–Crippen LogP) is 4.21. The SMILES string of the molecule is Nc1nc(-c2ccc(Cl)cc2)nc(C2CCCCCC2)n1. The molecule has 1 saturated carbocycles. The van der Waals surface area contributed by atoms with Gasteiger partial charge in [0.2, 0.25) is 5.95 Å². The topological polar surface area (TPSA) is 64.7 Å². The van der Waals surface area contributed by atoms with Gasteiger partial charge in [-0.1, -0.05) is 37.3 Å². The number of halogens is 1. The quantitative estimate of drug-likeness (QED) is 0.844. The number of anilines is 1. The van der Waals surface area contributed by atoms with Gasteiger partial charge in [-0.25, -0.2) is 4.98 Å². The van der Waals surface area contributed by atoms with Crippen LogP contribution in [0.15, 0.2) is 24.3 Å². The van der Waals surface area contributed by atoms with E-state index in [1.807, 2.05) is 24.3 Å². The van der Waals surface area contributed by atoms with Crippen molar-refractivity contribution in [1.82, 2.24) is 15.0 Å². The minimum absolute atomic E-state index is 0.300. The van der Waals surface area contributed by atoms with E-state index in [0.29, 0.717) is 22.7 Å². The standard InChI is InChI=1S/C16H19ClN4/c17-13-9-7-12(8-10-13)15-19-14(20-16(18)21-15)11-5-3-1-2-4-6-11/h7-11H,1-6H2,(H2,18,19,20,21). The van der Waals surface area contributed by atoms with Gasteiger partial charge in [-0.15, -0.1) is 0 Å². The van der Waals surface area contributed by atoms with Crippen LogP contribution >= 0.6 is 11.6 Å². The van der Waals surface area contributed by atoms with Crippen LogP contribution in [-0.4, -0.2) is 15.0 Å². The molecule has 1 aromatic carbocycles. The maximum Gasteiger partial charge on any atom is 0.223 e. The highest BCUT2D eigenvalue weighted by Gasteiger charge is 2.19. The Morgan fingerprint density at radius 3 is 2.24 bits per heavy atom. The lowest BCUT2D eigenvalue weighted by atomic mass is 9.99. The van der Waals surface area contributed by atoms with E-state index in [1.165, 1.54) is 25.7 Å². The van der Waals surface area contributed by atoms with Gasteiger partial charge >= 0.3 is 0 Å². The zero-order valence-corrected chi connectivity index (χ0v) is 12.7. The lowest BCUT2D eigenvalue weighted by molar-refractivity contribution is 0.559. The Balaban J connectivity index is 1.93. The Kier molecular flexibility index (Phi) is 4.34. The molecule has 0 atom stereocenters. The molecule has 1 aliphatic carbocycles. The van der Waals surface area contributed by atoms with Crippen LogP contribution in [0.2, 0.25) is 5.02 Å². The minimum atomic E-state index is 0.300. The highest BCUT2D eigenvalue weighted by Crippen LogP contribution is 2.30. The first-order chi connectivity index (χ1) is 10.2. The van der Waals surface area contributed by atoms with Crippen molar-refractivity contribution in [1.29, 1.82) is 0 Å². The average molecular weight is 303 g/mol. The van der Waals surface area contributed by atoms with Crippen molar-refractivity contribution in [2.45, 2.75) is 44.4 Å². The van der Waals surface area contributed by atoms with Crippen LogP contribution in [0.4, 0.5) is 5.95 Å². The molecule has 0 unspecified atom stereocenters. The summed E-state index contributed by atoms with van der Waals surface area (Å²) < 4.78 is 0. The number of hydrogen-bond acceptors (Lipinski definition) is 4. The molecule has 0 aliphatic heterocycles. The molecule has 3 rings (SSSR count). The largest absolute Gasteiger partial charge is 0.368 e. The molecular weight excluding hydrogens is 284 g/mol. The highest BCUT2D eigenvalue weighted by atomic mass is 35.5. The molecule has 0 radical (unpaired) electrons. The maximum absolute atomic E-state index is 5.92. The van der Waals surface area contributed by atoms with Crippen LogP contribution in [0, 0.1) is 0 Å². The van der Waals surface area contributed by atoms with Gasteiger partial charge in [0.15, 0.2) is 5.82 Å². The van der Waals surface area contributed by atoms with Crippen LogP contribution in [0.1, 0.15) is 50.3 Å². The zero-order chi connectivity index (χ0) is 14.7. The van der Waals surface area contributed by atoms with Gasteiger partial charge < -0.3 is 5.73 Å². The van der Waals surface area contributed by atoms with Crippen molar-refractivity contribution >= 4 is 17.5 Å². The zero-order valence-electron chi connectivity index (χ0n) is 11.9. The third kappa shape index (κ3) is 3.50. The summed E-state index contributed by atoms with van der Waals surface area (Å²) in [6, 6.07) is 7.49. The summed E-state index contributed by atoms with van der Waals surface area (Å²) in [5.41, 5.74) is 6.80. The first-order valence-corrected chi connectivity index (χ1v) is 7.87. The molecule has 1 heterocycles. The Morgan fingerprint density at radius 2 is 1.57 bits per heavy atom. The summed E-state index contributed by atoms with van der Waals surface area (Å²) in [4.78, 5) is 13.3. The van der Waals surface area contributed by atoms with Gasteiger partial charge in [-0.05, 0) is 37.1 Å². The summed E-state index contributed by atoms with van der Waals surface area (Å²) in [5.74, 6) is 2.19. The molecule has 1 aliphatic rings. The number of aromatic nitrogens is 3. The number of benzene rings is 1. The Hall–Kier alpha value is -1.68. The second-order valence-electron chi connectivity index (χ2n) is 5.57. The summed E-state index contributed by atoms with van der Waals surface area (Å²) in [6.07, 6.45) is 7.38. The summed E-state index contributed by atoms with van der Waals surface area (Å²) in [7, 11) is 0. The third-order valence-electron chi connectivity index (χ3n) is 3.99. The summed E-state index contributed by atoms with van der Waals surface area (Å²) in [6.45, 7) is 0. The van der Waals surface area contributed by atoms with E-state index in [-0.39, 0.29) is 0 Å². The molecule has 21 heavy (non-hydrogen) atoms. The van der Waals surface area contributed by atoms with E-state index in [4.69, 9.17) is 17.3 Å². The number of nitrogens with two attached hydrogens (primary N) is 1. The van der Waals surface area contributed by atoms with Crippen LogP contribution in [-0.2, 0) is 0 Å². The van der Waals surface area contributed by atoms with Crippen molar-refractivity contribution < 1.29 is 0 Å². The molecule has 2 aromatic rings. The lowest BCUT2D eigenvalue weighted by Crippen LogP contribution is -2.09. The first kappa shape index (κ1) is 14.3. The first-order valence-electron chi connectivity index (χ1n) is 7.50. The van der Waals surface area contributed by atoms with E-state index >= 15 is 0 Å². The predicted molar refractivity (Wildman–Crippen MR) is 85.1 cm³/mol. The van der Waals surface area contributed by atoms with Gasteiger partial charge in [-0.3, -0.25) is 0 Å². The molecule has 0 saturated heterocycles. The van der Waals surface area contributed by atoms with Gasteiger partial charge in [0, 0.05) is 16.5 Å². The monoisotopic (exact) mass is 302 g/mol. The van der Waals surface area contributed by atoms with Gasteiger partial charge in [-0.2, -0.15) is 9.97 Å². The number of nitrogens with zero attached hydrogens (tertiary/aromatic N) is 3. The molecule has 0 spiro atoms. The van der Waals surface area contributed by atoms with Crippen molar-refractivity contribution in [3.05, 3.63) is 35.1 Å². The lowest BCUT2D eigenvalue weighted by Gasteiger charge is -2.13. The molecule has 0 bridgehead atoms. The normalized spacial score (nSPS) is 16.6. The molecule has 2 N–H and O–H groups in total. The average Bonchev–Trinajstić information content (AvgIpc) is 2.76.